The third-order valence-corrected chi connectivity index (χ3v) is 3.51. The second-order valence-electron chi connectivity index (χ2n) is 4.88. The first-order valence-corrected chi connectivity index (χ1v) is 6.48. The lowest BCUT2D eigenvalue weighted by Crippen LogP contribution is -2.30. The molecule has 20 heavy (non-hydrogen) atoms. The summed E-state index contributed by atoms with van der Waals surface area (Å²) in [5.74, 6) is 1.59. The first-order chi connectivity index (χ1) is 9.67. The molecule has 0 spiro atoms. The van der Waals surface area contributed by atoms with Gasteiger partial charge in [-0.2, -0.15) is 0 Å². The van der Waals surface area contributed by atoms with Crippen molar-refractivity contribution in [3.63, 3.8) is 0 Å². The van der Waals surface area contributed by atoms with E-state index in [9.17, 15) is 10.2 Å². The van der Waals surface area contributed by atoms with Gasteiger partial charge in [-0.25, -0.2) is 0 Å². The van der Waals surface area contributed by atoms with Crippen LogP contribution in [0.1, 0.15) is 17.2 Å². The van der Waals surface area contributed by atoms with Gasteiger partial charge in [-0.3, -0.25) is 0 Å². The summed E-state index contributed by atoms with van der Waals surface area (Å²) in [5, 5.41) is 19.8. The fourth-order valence-electron chi connectivity index (χ4n) is 2.48. The van der Waals surface area contributed by atoms with Crippen molar-refractivity contribution in [3.05, 3.63) is 53.6 Å². The average Bonchev–Trinajstić information content (AvgIpc) is 2.46. The molecule has 0 aromatic heterocycles. The minimum atomic E-state index is -0.641. The van der Waals surface area contributed by atoms with Gasteiger partial charge < -0.3 is 19.7 Å². The van der Waals surface area contributed by atoms with Gasteiger partial charge in [0.15, 0.2) is 0 Å². The van der Waals surface area contributed by atoms with Crippen molar-refractivity contribution in [1.82, 2.24) is 0 Å². The van der Waals surface area contributed by atoms with Gasteiger partial charge in [0, 0.05) is 12.5 Å². The molecule has 104 valence electrons. The number of fused-ring (bicyclic) bond motifs is 1. The van der Waals surface area contributed by atoms with Crippen molar-refractivity contribution in [1.29, 1.82) is 0 Å². The number of benzene rings is 2. The van der Waals surface area contributed by atoms with E-state index in [4.69, 9.17) is 9.47 Å². The Kier molecular flexibility index (Phi) is 3.24. The van der Waals surface area contributed by atoms with Gasteiger partial charge in [-0.15, -0.1) is 0 Å². The molecule has 0 aliphatic carbocycles. The third kappa shape index (κ3) is 2.30. The summed E-state index contributed by atoms with van der Waals surface area (Å²) >= 11 is 0. The molecule has 0 saturated heterocycles. The number of aliphatic hydroxyl groups excluding tert-OH is 1. The van der Waals surface area contributed by atoms with Gasteiger partial charge in [-0.05, 0) is 29.3 Å². The summed E-state index contributed by atoms with van der Waals surface area (Å²) in [6.45, 7) is 0. The standard InChI is InChI=1S/C16H16O4/c1-19-13-6-5-10-8-14(18)16(20-15(10)9-13)11-3-2-4-12(17)7-11/h2-7,9,14,16-18H,8H2,1H3/t14?,16-/m1/s1. The number of rotatable bonds is 2. The number of aliphatic hydroxyl groups is 1. The molecular formula is C16H16O4. The summed E-state index contributed by atoms with van der Waals surface area (Å²) < 4.78 is 11.1. The second-order valence-corrected chi connectivity index (χ2v) is 4.88. The maximum Gasteiger partial charge on any atom is 0.150 e. The van der Waals surface area contributed by atoms with Crippen LogP contribution < -0.4 is 9.47 Å². The van der Waals surface area contributed by atoms with Crippen LogP contribution in [0, 0.1) is 0 Å². The van der Waals surface area contributed by atoms with Crippen LogP contribution in [0.25, 0.3) is 0 Å². The second kappa shape index (κ2) is 5.06. The molecule has 0 radical (unpaired) electrons. The van der Waals surface area contributed by atoms with E-state index in [0.29, 0.717) is 12.2 Å². The van der Waals surface area contributed by atoms with Gasteiger partial charge >= 0.3 is 0 Å². The maximum absolute atomic E-state index is 10.2. The molecule has 1 unspecified atom stereocenters. The van der Waals surface area contributed by atoms with Crippen molar-refractivity contribution >= 4 is 0 Å². The van der Waals surface area contributed by atoms with E-state index >= 15 is 0 Å². The van der Waals surface area contributed by atoms with Gasteiger partial charge in [0.2, 0.25) is 0 Å². The predicted molar refractivity (Wildman–Crippen MR) is 74.2 cm³/mol. The van der Waals surface area contributed by atoms with Crippen LogP contribution in [0.15, 0.2) is 42.5 Å². The minimum Gasteiger partial charge on any atom is -0.508 e. The normalized spacial score (nSPS) is 20.9. The molecule has 1 heterocycles. The van der Waals surface area contributed by atoms with Gasteiger partial charge in [0.25, 0.3) is 0 Å². The quantitative estimate of drug-likeness (QED) is 0.881. The maximum atomic E-state index is 10.2. The van der Waals surface area contributed by atoms with Crippen LogP contribution in [0.5, 0.6) is 17.2 Å². The van der Waals surface area contributed by atoms with E-state index in [1.165, 1.54) is 0 Å². The molecule has 4 nitrogen and oxygen atoms in total. The summed E-state index contributed by atoms with van der Waals surface area (Å²) in [7, 11) is 1.60. The highest BCUT2D eigenvalue weighted by Crippen LogP contribution is 2.37. The Hall–Kier alpha value is -2.20. The average molecular weight is 272 g/mol. The number of ether oxygens (including phenoxy) is 2. The van der Waals surface area contributed by atoms with Crippen molar-refractivity contribution in [2.24, 2.45) is 0 Å². The lowest BCUT2D eigenvalue weighted by molar-refractivity contribution is 0.0205. The zero-order valence-electron chi connectivity index (χ0n) is 11.1. The Bertz CT molecular complexity index is 624. The number of phenolic OH excluding ortho intramolecular Hbond substituents is 1. The highest BCUT2D eigenvalue weighted by atomic mass is 16.5. The van der Waals surface area contributed by atoms with E-state index in [2.05, 4.69) is 0 Å². The van der Waals surface area contributed by atoms with Gasteiger partial charge in [0.05, 0.1) is 13.2 Å². The molecule has 0 amide bonds. The molecular weight excluding hydrogens is 256 g/mol. The first-order valence-electron chi connectivity index (χ1n) is 6.48. The Morgan fingerprint density at radius 2 is 2.05 bits per heavy atom. The van der Waals surface area contributed by atoms with Crippen LogP contribution in [0.4, 0.5) is 0 Å². The highest BCUT2D eigenvalue weighted by Gasteiger charge is 2.30. The minimum absolute atomic E-state index is 0.162. The van der Waals surface area contributed by atoms with Gasteiger partial charge in [0.1, 0.15) is 23.4 Å². The van der Waals surface area contributed by atoms with Crippen LogP contribution in [-0.4, -0.2) is 23.4 Å². The van der Waals surface area contributed by atoms with E-state index in [1.807, 2.05) is 24.3 Å². The molecule has 4 heteroatoms. The topological polar surface area (TPSA) is 58.9 Å². The molecule has 1 aliphatic rings. The number of hydrogen-bond acceptors (Lipinski definition) is 4. The zero-order valence-corrected chi connectivity index (χ0v) is 11.1. The Balaban J connectivity index is 1.95. The largest absolute Gasteiger partial charge is 0.508 e. The predicted octanol–water partition coefficient (Wildman–Crippen LogP) is 2.44. The smallest absolute Gasteiger partial charge is 0.150 e. The highest BCUT2D eigenvalue weighted by molar-refractivity contribution is 5.44. The molecule has 2 N–H and O–H groups in total. The van der Waals surface area contributed by atoms with Crippen molar-refractivity contribution in [3.8, 4) is 17.2 Å². The van der Waals surface area contributed by atoms with E-state index in [-0.39, 0.29) is 5.75 Å². The molecule has 2 aromatic carbocycles. The molecule has 3 rings (SSSR count). The van der Waals surface area contributed by atoms with Gasteiger partial charge in [-0.1, -0.05) is 18.2 Å². The Labute approximate surface area is 117 Å². The van der Waals surface area contributed by atoms with Crippen molar-refractivity contribution in [2.45, 2.75) is 18.6 Å². The molecule has 1 aliphatic heterocycles. The van der Waals surface area contributed by atoms with E-state index in [0.717, 1.165) is 16.9 Å². The lowest BCUT2D eigenvalue weighted by Gasteiger charge is -2.31. The number of phenols is 1. The van der Waals surface area contributed by atoms with Crippen LogP contribution in [0.3, 0.4) is 0 Å². The molecule has 2 atom stereocenters. The van der Waals surface area contributed by atoms with Crippen molar-refractivity contribution < 1.29 is 19.7 Å². The number of methoxy groups -OCH3 is 1. The first kappa shape index (κ1) is 12.8. The van der Waals surface area contributed by atoms with Crippen LogP contribution in [-0.2, 0) is 6.42 Å². The monoisotopic (exact) mass is 272 g/mol. The molecule has 0 bridgehead atoms. The van der Waals surface area contributed by atoms with E-state index in [1.54, 1.807) is 25.3 Å². The fraction of sp³-hybridized carbons (Fsp3) is 0.250. The summed E-state index contributed by atoms with van der Waals surface area (Å²) in [4.78, 5) is 0. The molecule has 2 aromatic rings. The summed E-state index contributed by atoms with van der Waals surface area (Å²) in [6.07, 6.45) is -0.612. The SMILES string of the molecule is COc1ccc2c(c1)O[C@H](c1cccc(O)c1)C(O)C2. The number of hydrogen-bond donors (Lipinski definition) is 2. The van der Waals surface area contributed by atoms with E-state index < -0.39 is 12.2 Å². The fourth-order valence-corrected chi connectivity index (χ4v) is 2.48. The summed E-state index contributed by atoms with van der Waals surface area (Å²) in [5.41, 5.74) is 1.71. The Morgan fingerprint density at radius 1 is 1.20 bits per heavy atom. The Morgan fingerprint density at radius 3 is 2.80 bits per heavy atom. The van der Waals surface area contributed by atoms with Crippen molar-refractivity contribution in [2.75, 3.05) is 7.11 Å². The third-order valence-electron chi connectivity index (χ3n) is 3.51. The summed E-state index contributed by atoms with van der Waals surface area (Å²) in [6, 6.07) is 12.3. The molecule has 0 saturated carbocycles. The zero-order chi connectivity index (χ0) is 14.1. The number of aromatic hydroxyl groups is 1. The van der Waals surface area contributed by atoms with Crippen LogP contribution in [0.2, 0.25) is 0 Å². The van der Waals surface area contributed by atoms with Crippen LogP contribution >= 0.6 is 0 Å². The lowest BCUT2D eigenvalue weighted by atomic mass is 9.94. The molecule has 0 fully saturated rings.